The molecule has 1 aromatic heterocycles. The molecule has 2 heterocycles. The summed E-state index contributed by atoms with van der Waals surface area (Å²) < 4.78 is 10.6. The van der Waals surface area contributed by atoms with Crippen molar-refractivity contribution in [1.29, 1.82) is 0 Å². The molecule has 0 aliphatic carbocycles. The number of imide groups is 1. The van der Waals surface area contributed by atoms with Gasteiger partial charge < -0.3 is 9.15 Å². The smallest absolute Gasteiger partial charge is 0.251 e. The van der Waals surface area contributed by atoms with Gasteiger partial charge in [-0.1, -0.05) is 6.07 Å². The number of furan rings is 1. The summed E-state index contributed by atoms with van der Waals surface area (Å²) >= 11 is 0. The Morgan fingerprint density at radius 1 is 1.30 bits per heavy atom. The highest BCUT2D eigenvalue weighted by Gasteiger charge is 2.39. The third kappa shape index (κ3) is 3.27. The van der Waals surface area contributed by atoms with E-state index in [1.54, 1.807) is 36.6 Å². The van der Waals surface area contributed by atoms with E-state index in [0.717, 1.165) is 5.76 Å². The lowest BCUT2D eigenvalue weighted by atomic mass is 10.2. The van der Waals surface area contributed by atoms with Crippen LogP contribution < -0.4 is 15.0 Å². The van der Waals surface area contributed by atoms with Crippen LogP contribution in [0.25, 0.3) is 0 Å². The Labute approximate surface area is 134 Å². The van der Waals surface area contributed by atoms with Gasteiger partial charge in [0.1, 0.15) is 11.5 Å². The van der Waals surface area contributed by atoms with Gasteiger partial charge >= 0.3 is 0 Å². The molecule has 0 spiro atoms. The fraction of sp³-hybridized carbons (Fsp3) is 0.294. The van der Waals surface area contributed by atoms with Crippen molar-refractivity contribution in [3.05, 3.63) is 48.4 Å². The molecule has 1 aromatic carbocycles. The average Bonchev–Trinajstić information content (AvgIpc) is 3.14. The third-order valence-corrected chi connectivity index (χ3v) is 3.64. The molecule has 1 aliphatic rings. The van der Waals surface area contributed by atoms with Crippen molar-refractivity contribution in [2.24, 2.45) is 0 Å². The first-order valence-electron chi connectivity index (χ1n) is 7.54. The SMILES string of the molecule is CCOc1cccc(N2C(=O)CC(NCc3ccco3)C2=O)c1. The Morgan fingerprint density at radius 3 is 2.91 bits per heavy atom. The third-order valence-electron chi connectivity index (χ3n) is 3.64. The summed E-state index contributed by atoms with van der Waals surface area (Å²) in [5, 5.41) is 3.07. The molecule has 6 nitrogen and oxygen atoms in total. The topological polar surface area (TPSA) is 71.8 Å². The second kappa shape index (κ2) is 6.66. The maximum Gasteiger partial charge on any atom is 0.251 e. The minimum atomic E-state index is -0.539. The molecule has 1 unspecified atom stereocenters. The van der Waals surface area contributed by atoms with Crippen LogP contribution >= 0.6 is 0 Å². The van der Waals surface area contributed by atoms with Crippen molar-refractivity contribution >= 4 is 17.5 Å². The predicted molar refractivity (Wildman–Crippen MR) is 84.1 cm³/mol. The van der Waals surface area contributed by atoms with Crippen molar-refractivity contribution < 1.29 is 18.7 Å². The first-order chi connectivity index (χ1) is 11.2. The van der Waals surface area contributed by atoms with Crippen LogP contribution in [0.15, 0.2) is 47.1 Å². The van der Waals surface area contributed by atoms with Gasteiger partial charge in [-0.25, -0.2) is 4.90 Å². The quantitative estimate of drug-likeness (QED) is 0.827. The van der Waals surface area contributed by atoms with Crippen molar-refractivity contribution in [1.82, 2.24) is 5.32 Å². The first kappa shape index (κ1) is 15.3. The normalized spacial score (nSPS) is 17.8. The maximum absolute atomic E-state index is 12.5. The van der Waals surface area contributed by atoms with Crippen molar-refractivity contribution in [2.45, 2.75) is 25.9 Å². The number of amides is 2. The van der Waals surface area contributed by atoms with Gasteiger partial charge in [-0.05, 0) is 31.2 Å². The molecule has 0 saturated carbocycles. The Morgan fingerprint density at radius 2 is 2.17 bits per heavy atom. The number of hydrogen-bond donors (Lipinski definition) is 1. The molecule has 1 atom stereocenters. The highest BCUT2D eigenvalue weighted by molar-refractivity contribution is 6.22. The molecule has 120 valence electrons. The highest BCUT2D eigenvalue weighted by Crippen LogP contribution is 2.26. The summed E-state index contributed by atoms with van der Waals surface area (Å²) in [5.41, 5.74) is 0.535. The minimum Gasteiger partial charge on any atom is -0.494 e. The van der Waals surface area contributed by atoms with Gasteiger partial charge in [0.2, 0.25) is 5.91 Å². The van der Waals surface area contributed by atoms with E-state index in [0.29, 0.717) is 24.6 Å². The molecule has 0 bridgehead atoms. The monoisotopic (exact) mass is 314 g/mol. The summed E-state index contributed by atoms with van der Waals surface area (Å²) in [7, 11) is 0. The summed E-state index contributed by atoms with van der Waals surface area (Å²) in [6.45, 7) is 2.82. The molecule has 1 fully saturated rings. The minimum absolute atomic E-state index is 0.137. The Kier molecular flexibility index (Phi) is 4.43. The summed E-state index contributed by atoms with van der Waals surface area (Å²) in [6.07, 6.45) is 1.71. The van der Waals surface area contributed by atoms with Gasteiger partial charge in [0, 0.05) is 6.07 Å². The van der Waals surface area contributed by atoms with Crippen LogP contribution in [0.5, 0.6) is 5.75 Å². The predicted octanol–water partition coefficient (Wildman–Crippen LogP) is 2.10. The van der Waals surface area contributed by atoms with Gasteiger partial charge in [0.15, 0.2) is 0 Å². The van der Waals surface area contributed by atoms with Gasteiger partial charge in [-0.2, -0.15) is 0 Å². The van der Waals surface area contributed by atoms with Crippen LogP contribution in [0.1, 0.15) is 19.1 Å². The molecule has 3 rings (SSSR count). The van der Waals surface area contributed by atoms with Gasteiger partial charge in [-0.15, -0.1) is 0 Å². The van der Waals surface area contributed by atoms with Crippen molar-refractivity contribution in [3.63, 3.8) is 0 Å². The van der Waals surface area contributed by atoms with E-state index in [4.69, 9.17) is 9.15 Å². The summed E-state index contributed by atoms with van der Waals surface area (Å²) in [5.74, 6) is 0.885. The van der Waals surface area contributed by atoms with Gasteiger partial charge in [0.05, 0.1) is 37.6 Å². The zero-order valence-electron chi connectivity index (χ0n) is 12.8. The second-order valence-electron chi connectivity index (χ2n) is 5.21. The molecule has 1 aliphatic heterocycles. The summed E-state index contributed by atoms with van der Waals surface area (Å²) in [6, 6.07) is 10.1. The maximum atomic E-state index is 12.5. The van der Waals surface area contributed by atoms with E-state index in [9.17, 15) is 9.59 Å². The molecular weight excluding hydrogens is 296 g/mol. The number of anilines is 1. The van der Waals surface area contributed by atoms with Gasteiger partial charge in [-0.3, -0.25) is 14.9 Å². The second-order valence-corrected chi connectivity index (χ2v) is 5.21. The molecule has 2 amide bonds. The highest BCUT2D eigenvalue weighted by atomic mass is 16.5. The van der Waals surface area contributed by atoms with Crippen molar-refractivity contribution in [3.8, 4) is 5.75 Å². The lowest BCUT2D eigenvalue weighted by Crippen LogP contribution is -2.38. The van der Waals surface area contributed by atoms with Crippen LogP contribution in [0.3, 0.4) is 0 Å². The van der Waals surface area contributed by atoms with E-state index in [1.807, 2.05) is 13.0 Å². The van der Waals surface area contributed by atoms with E-state index in [2.05, 4.69) is 5.32 Å². The van der Waals surface area contributed by atoms with E-state index >= 15 is 0 Å². The average molecular weight is 314 g/mol. The number of carbonyl (C=O) groups excluding carboxylic acids is 2. The summed E-state index contributed by atoms with van der Waals surface area (Å²) in [4.78, 5) is 26.0. The number of carbonyl (C=O) groups is 2. The van der Waals surface area contributed by atoms with Crippen LogP contribution in [-0.4, -0.2) is 24.5 Å². The zero-order valence-corrected chi connectivity index (χ0v) is 12.8. The lowest BCUT2D eigenvalue weighted by molar-refractivity contribution is -0.121. The molecule has 1 saturated heterocycles. The van der Waals surface area contributed by atoms with Crippen LogP contribution in [-0.2, 0) is 16.1 Å². The first-order valence-corrected chi connectivity index (χ1v) is 7.54. The number of hydrogen-bond acceptors (Lipinski definition) is 5. The molecule has 2 aromatic rings. The Bertz CT molecular complexity index is 696. The molecule has 0 radical (unpaired) electrons. The molecular formula is C17H18N2O4. The van der Waals surface area contributed by atoms with Gasteiger partial charge in [0.25, 0.3) is 5.91 Å². The number of nitrogens with zero attached hydrogens (tertiary/aromatic N) is 1. The van der Waals surface area contributed by atoms with E-state index in [1.165, 1.54) is 4.90 Å². The lowest BCUT2D eigenvalue weighted by Gasteiger charge is -2.16. The van der Waals surface area contributed by atoms with E-state index < -0.39 is 6.04 Å². The zero-order chi connectivity index (χ0) is 16.2. The Hall–Kier alpha value is -2.60. The fourth-order valence-corrected chi connectivity index (χ4v) is 2.58. The number of ether oxygens (including phenoxy) is 1. The number of rotatable bonds is 6. The number of nitrogens with one attached hydrogen (secondary N) is 1. The molecule has 1 N–H and O–H groups in total. The molecule has 6 heteroatoms. The van der Waals surface area contributed by atoms with Crippen molar-refractivity contribution in [2.75, 3.05) is 11.5 Å². The molecule has 23 heavy (non-hydrogen) atoms. The Balaban J connectivity index is 1.72. The van der Waals surface area contributed by atoms with E-state index in [-0.39, 0.29) is 18.2 Å². The van der Waals surface area contributed by atoms with Crippen LogP contribution in [0, 0.1) is 0 Å². The van der Waals surface area contributed by atoms with Crippen LogP contribution in [0.2, 0.25) is 0 Å². The number of benzene rings is 1. The van der Waals surface area contributed by atoms with Crippen LogP contribution in [0.4, 0.5) is 5.69 Å². The largest absolute Gasteiger partial charge is 0.494 e. The standard InChI is InChI=1S/C17H18N2O4/c1-2-22-13-6-3-5-12(9-13)19-16(20)10-15(17(19)21)18-11-14-7-4-8-23-14/h3-9,15,18H,2,10-11H2,1H3. The fourth-order valence-electron chi connectivity index (χ4n) is 2.58.